The van der Waals surface area contributed by atoms with Crippen LogP contribution >= 0.6 is 0 Å². The number of benzene rings is 1. The largest absolute Gasteiger partial charge is 0.458 e. The summed E-state index contributed by atoms with van der Waals surface area (Å²) >= 11 is 0. The Morgan fingerprint density at radius 2 is 2.11 bits per heavy atom. The molecular formula is C15H20O3. The van der Waals surface area contributed by atoms with Crippen molar-refractivity contribution in [2.75, 3.05) is 6.61 Å². The van der Waals surface area contributed by atoms with E-state index in [9.17, 15) is 4.79 Å². The number of ether oxygens (including phenoxy) is 2. The van der Waals surface area contributed by atoms with E-state index in [2.05, 4.69) is 6.58 Å². The molecule has 1 atom stereocenters. The summed E-state index contributed by atoms with van der Waals surface area (Å²) in [6.45, 7) is 6.32. The van der Waals surface area contributed by atoms with E-state index < -0.39 is 0 Å². The first-order valence-electron chi connectivity index (χ1n) is 6.14. The summed E-state index contributed by atoms with van der Waals surface area (Å²) in [5.41, 5.74) is 1.16. The van der Waals surface area contributed by atoms with Crippen molar-refractivity contribution in [1.82, 2.24) is 0 Å². The van der Waals surface area contributed by atoms with E-state index in [4.69, 9.17) is 9.47 Å². The van der Waals surface area contributed by atoms with Crippen molar-refractivity contribution in [1.29, 1.82) is 0 Å². The number of hydrogen-bond donors (Lipinski definition) is 0. The van der Waals surface area contributed by atoms with Gasteiger partial charge in [-0.3, -0.25) is 4.79 Å². The van der Waals surface area contributed by atoms with Crippen LogP contribution in [-0.2, 0) is 20.9 Å². The van der Waals surface area contributed by atoms with Crippen LogP contribution in [0.15, 0.2) is 43.0 Å². The van der Waals surface area contributed by atoms with Gasteiger partial charge in [-0.15, -0.1) is 0 Å². The van der Waals surface area contributed by atoms with Crippen molar-refractivity contribution in [2.45, 2.75) is 32.5 Å². The van der Waals surface area contributed by atoms with Gasteiger partial charge in [-0.2, -0.15) is 0 Å². The average Bonchev–Trinajstić information content (AvgIpc) is 2.37. The first-order valence-corrected chi connectivity index (χ1v) is 6.14. The summed E-state index contributed by atoms with van der Waals surface area (Å²) < 4.78 is 10.6. The predicted molar refractivity (Wildman–Crippen MR) is 71.1 cm³/mol. The fraction of sp³-hybridized carbons (Fsp3) is 0.400. The van der Waals surface area contributed by atoms with Crippen LogP contribution in [0.2, 0.25) is 0 Å². The number of rotatable bonds is 8. The summed E-state index contributed by atoms with van der Waals surface area (Å²) in [5, 5.41) is 0. The number of hydrogen-bond acceptors (Lipinski definition) is 3. The fourth-order valence-corrected chi connectivity index (χ4v) is 1.59. The van der Waals surface area contributed by atoms with E-state index in [-0.39, 0.29) is 12.1 Å². The smallest absolute Gasteiger partial charge is 0.303 e. The minimum Gasteiger partial charge on any atom is -0.458 e. The van der Waals surface area contributed by atoms with Crippen molar-refractivity contribution < 1.29 is 14.3 Å². The van der Waals surface area contributed by atoms with Crippen molar-refractivity contribution >= 4 is 5.97 Å². The second-order valence-corrected chi connectivity index (χ2v) is 4.06. The quantitative estimate of drug-likeness (QED) is 0.403. The van der Waals surface area contributed by atoms with E-state index in [1.807, 2.05) is 30.3 Å². The molecule has 0 saturated heterocycles. The number of carbonyl (C=O) groups is 1. The highest BCUT2D eigenvalue weighted by atomic mass is 16.5. The molecule has 18 heavy (non-hydrogen) atoms. The molecule has 0 amide bonds. The monoisotopic (exact) mass is 248 g/mol. The van der Waals surface area contributed by atoms with Gasteiger partial charge in [-0.1, -0.05) is 43.0 Å². The van der Waals surface area contributed by atoms with Crippen LogP contribution in [0.4, 0.5) is 0 Å². The lowest BCUT2D eigenvalue weighted by molar-refractivity contribution is -0.144. The Kier molecular flexibility index (Phi) is 6.81. The SMILES string of the molecule is C=C[C@H](CCCOCc1ccccc1)OC(C)=O. The topological polar surface area (TPSA) is 35.5 Å². The lowest BCUT2D eigenvalue weighted by atomic mass is 10.2. The molecule has 1 aromatic rings. The molecule has 0 N–H and O–H groups in total. The molecular weight excluding hydrogens is 228 g/mol. The first-order chi connectivity index (χ1) is 8.72. The number of carbonyl (C=O) groups excluding carboxylic acids is 1. The molecule has 1 aromatic carbocycles. The van der Waals surface area contributed by atoms with E-state index in [1.54, 1.807) is 6.08 Å². The highest BCUT2D eigenvalue weighted by Crippen LogP contribution is 2.06. The summed E-state index contributed by atoms with van der Waals surface area (Å²) in [6.07, 6.45) is 3.04. The maximum absolute atomic E-state index is 10.8. The van der Waals surface area contributed by atoms with Gasteiger partial charge in [0.1, 0.15) is 6.10 Å². The minimum atomic E-state index is -0.273. The second kappa shape index (κ2) is 8.48. The number of esters is 1. The summed E-state index contributed by atoms with van der Waals surface area (Å²) in [4.78, 5) is 10.8. The molecule has 0 radical (unpaired) electrons. The minimum absolute atomic E-state index is 0.206. The first kappa shape index (κ1) is 14.5. The zero-order valence-corrected chi connectivity index (χ0v) is 10.8. The Morgan fingerprint density at radius 1 is 1.39 bits per heavy atom. The molecule has 0 heterocycles. The summed E-state index contributed by atoms with van der Waals surface area (Å²) in [5.74, 6) is -0.273. The van der Waals surface area contributed by atoms with Gasteiger partial charge in [0.25, 0.3) is 0 Å². The highest BCUT2D eigenvalue weighted by molar-refractivity contribution is 5.66. The van der Waals surface area contributed by atoms with Gasteiger partial charge < -0.3 is 9.47 Å². The zero-order valence-electron chi connectivity index (χ0n) is 10.8. The predicted octanol–water partition coefficient (Wildman–Crippen LogP) is 3.10. The molecule has 0 aromatic heterocycles. The maximum atomic E-state index is 10.8. The van der Waals surface area contributed by atoms with E-state index in [1.165, 1.54) is 6.92 Å². The van der Waals surface area contributed by atoms with Crippen LogP contribution in [0, 0.1) is 0 Å². The van der Waals surface area contributed by atoms with Gasteiger partial charge >= 0.3 is 5.97 Å². The average molecular weight is 248 g/mol. The molecule has 0 aliphatic heterocycles. The lowest BCUT2D eigenvalue weighted by Crippen LogP contribution is -2.14. The Labute approximate surface area is 108 Å². The van der Waals surface area contributed by atoms with Gasteiger partial charge in [0.05, 0.1) is 6.61 Å². The Morgan fingerprint density at radius 3 is 2.72 bits per heavy atom. The van der Waals surface area contributed by atoms with Crippen LogP contribution in [0.25, 0.3) is 0 Å². The van der Waals surface area contributed by atoms with E-state index in [0.717, 1.165) is 18.4 Å². The normalized spacial score (nSPS) is 11.8. The van der Waals surface area contributed by atoms with Gasteiger partial charge in [-0.05, 0) is 18.4 Å². The molecule has 3 heteroatoms. The molecule has 0 saturated carbocycles. The lowest BCUT2D eigenvalue weighted by Gasteiger charge is -2.12. The summed E-state index contributed by atoms with van der Waals surface area (Å²) in [7, 11) is 0. The van der Waals surface area contributed by atoms with Crippen molar-refractivity contribution in [3.05, 3.63) is 48.6 Å². The zero-order chi connectivity index (χ0) is 13.2. The molecule has 0 aliphatic rings. The molecule has 0 fully saturated rings. The molecule has 0 aliphatic carbocycles. The Hall–Kier alpha value is -1.61. The Balaban J connectivity index is 2.11. The van der Waals surface area contributed by atoms with Crippen molar-refractivity contribution in [3.63, 3.8) is 0 Å². The van der Waals surface area contributed by atoms with Crippen LogP contribution in [-0.4, -0.2) is 18.7 Å². The molecule has 0 unspecified atom stereocenters. The maximum Gasteiger partial charge on any atom is 0.303 e. The molecule has 3 nitrogen and oxygen atoms in total. The fourth-order valence-electron chi connectivity index (χ4n) is 1.59. The van der Waals surface area contributed by atoms with Crippen molar-refractivity contribution in [2.24, 2.45) is 0 Å². The van der Waals surface area contributed by atoms with Crippen LogP contribution in [0.3, 0.4) is 0 Å². The van der Waals surface area contributed by atoms with Gasteiger partial charge in [-0.25, -0.2) is 0 Å². The third kappa shape index (κ3) is 6.21. The third-order valence-electron chi connectivity index (χ3n) is 2.47. The van der Waals surface area contributed by atoms with Crippen LogP contribution in [0.1, 0.15) is 25.3 Å². The standard InChI is InChI=1S/C15H20O3/c1-3-15(18-13(2)16)10-7-11-17-12-14-8-5-4-6-9-14/h3-6,8-9,15H,1,7,10-12H2,2H3/t15-/m1/s1. The highest BCUT2D eigenvalue weighted by Gasteiger charge is 2.06. The van der Waals surface area contributed by atoms with Crippen LogP contribution in [0.5, 0.6) is 0 Å². The van der Waals surface area contributed by atoms with Gasteiger partial charge in [0.15, 0.2) is 0 Å². The molecule has 1 rings (SSSR count). The summed E-state index contributed by atoms with van der Waals surface area (Å²) in [6, 6.07) is 10.0. The molecule has 98 valence electrons. The molecule has 0 bridgehead atoms. The van der Waals surface area contributed by atoms with Gasteiger partial charge in [0, 0.05) is 13.5 Å². The van der Waals surface area contributed by atoms with E-state index in [0.29, 0.717) is 13.2 Å². The Bertz CT molecular complexity index is 359. The second-order valence-electron chi connectivity index (χ2n) is 4.06. The van der Waals surface area contributed by atoms with Crippen LogP contribution < -0.4 is 0 Å². The van der Waals surface area contributed by atoms with Crippen molar-refractivity contribution in [3.8, 4) is 0 Å². The van der Waals surface area contributed by atoms with Gasteiger partial charge in [0.2, 0.25) is 0 Å². The van der Waals surface area contributed by atoms with E-state index >= 15 is 0 Å². The third-order valence-corrected chi connectivity index (χ3v) is 2.47. The molecule has 0 spiro atoms.